The summed E-state index contributed by atoms with van der Waals surface area (Å²) in [6, 6.07) is 5.67. The third-order valence-corrected chi connectivity index (χ3v) is 3.34. The summed E-state index contributed by atoms with van der Waals surface area (Å²) in [5, 5.41) is 9.22. The molecule has 0 amide bonds. The van der Waals surface area contributed by atoms with E-state index in [9.17, 15) is 4.79 Å². The normalized spacial score (nSPS) is 14.5. The van der Waals surface area contributed by atoms with E-state index >= 15 is 0 Å². The maximum absolute atomic E-state index is 10.4. The Bertz CT molecular complexity index is 427. The van der Waals surface area contributed by atoms with Crippen LogP contribution in [0.3, 0.4) is 0 Å². The van der Waals surface area contributed by atoms with Gasteiger partial charge in [-0.2, -0.15) is 0 Å². The van der Waals surface area contributed by atoms with Gasteiger partial charge in [0.2, 0.25) is 0 Å². The molecule has 4 heteroatoms. The zero-order valence-corrected chi connectivity index (χ0v) is 10.9. The highest BCUT2D eigenvalue weighted by molar-refractivity contribution is 6.32. The summed E-state index contributed by atoms with van der Waals surface area (Å²) < 4.78 is 5.68. The standard InChI is InChI=1S/C14H17ClO3/c15-12-7-6-10(2-1-3-14(16)17)8-13(12)18-9-11-4-5-11/h6-8,11H,1-5,9H2,(H,16,17). The lowest BCUT2D eigenvalue weighted by molar-refractivity contribution is -0.137. The number of aryl methyl sites for hydroxylation is 1. The van der Waals surface area contributed by atoms with Gasteiger partial charge in [-0.1, -0.05) is 17.7 Å². The monoisotopic (exact) mass is 268 g/mol. The van der Waals surface area contributed by atoms with Gasteiger partial charge in [0.15, 0.2) is 0 Å². The number of rotatable bonds is 7. The molecule has 0 aromatic heterocycles. The molecule has 0 bridgehead atoms. The maximum Gasteiger partial charge on any atom is 0.303 e. The second-order valence-corrected chi connectivity index (χ2v) is 5.17. The van der Waals surface area contributed by atoms with Crippen LogP contribution in [0.1, 0.15) is 31.2 Å². The first-order valence-corrected chi connectivity index (χ1v) is 6.66. The van der Waals surface area contributed by atoms with E-state index in [1.54, 1.807) is 0 Å². The van der Waals surface area contributed by atoms with Crippen LogP contribution in [0.15, 0.2) is 18.2 Å². The number of hydrogen-bond acceptors (Lipinski definition) is 2. The second-order valence-electron chi connectivity index (χ2n) is 4.77. The van der Waals surface area contributed by atoms with Crippen molar-refractivity contribution < 1.29 is 14.6 Å². The first kappa shape index (κ1) is 13.2. The minimum absolute atomic E-state index is 0.195. The maximum atomic E-state index is 10.4. The van der Waals surface area contributed by atoms with Gasteiger partial charge in [-0.3, -0.25) is 4.79 Å². The molecule has 1 aromatic carbocycles. The smallest absolute Gasteiger partial charge is 0.303 e. The highest BCUT2D eigenvalue weighted by Gasteiger charge is 2.22. The summed E-state index contributed by atoms with van der Waals surface area (Å²) in [6.07, 6.45) is 4.06. The highest BCUT2D eigenvalue weighted by Crippen LogP contribution is 2.32. The Balaban J connectivity index is 1.89. The fraction of sp³-hybridized carbons (Fsp3) is 0.500. The molecule has 1 aromatic rings. The summed E-state index contributed by atoms with van der Waals surface area (Å²) in [5.74, 6) is 0.655. The molecule has 0 saturated heterocycles. The first-order chi connectivity index (χ1) is 8.65. The first-order valence-electron chi connectivity index (χ1n) is 6.28. The Labute approximate surface area is 112 Å². The number of carboxylic acid groups (broad SMARTS) is 1. The van der Waals surface area contributed by atoms with Crippen molar-refractivity contribution in [1.82, 2.24) is 0 Å². The fourth-order valence-corrected chi connectivity index (χ4v) is 1.92. The predicted octanol–water partition coefficient (Wildman–Crippen LogP) is 3.54. The molecular formula is C14H17ClO3. The van der Waals surface area contributed by atoms with Crippen molar-refractivity contribution in [3.8, 4) is 5.75 Å². The van der Waals surface area contributed by atoms with Gasteiger partial charge in [0, 0.05) is 6.42 Å². The highest BCUT2D eigenvalue weighted by atomic mass is 35.5. The topological polar surface area (TPSA) is 46.5 Å². The Morgan fingerprint density at radius 2 is 2.22 bits per heavy atom. The molecule has 0 spiro atoms. The van der Waals surface area contributed by atoms with Gasteiger partial charge < -0.3 is 9.84 Å². The molecule has 0 heterocycles. The van der Waals surface area contributed by atoms with Crippen LogP contribution in [0.4, 0.5) is 0 Å². The largest absolute Gasteiger partial charge is 0.492 e. The van der Waals surface area contributed by atoms with Crippen LogP contribution in [-0.2, 0) is 11.2 Å². The zero-order valence-electron chi connectivity index (χ0n) is 10.2. The van der Waals surface area contributed by atoms with Crippen LogP contribution in [0.5, 0.6) is 5.75 Å². The van der Waals surface area contributed by atoms with Crippen LogP contribution in [0.25, 0.3) is 0 Å². The molecule has 0 radical (unpaired) electrons. The Morgan fingerprint density at radius 1 is 1.44 bits per heavy atom. The Kier molecular flexibility index (Phi) is 4.48. The molecule has 98 valence electrons. The summed E-state index contributed by atoms with van der Waals surface area (Å²) in [5.41, 5.74) is 1.08. The molecular weight excluding hydrogens is 252 g/mol. The SMILES string of the molecule is O=C(O)CCCc1ccc(Cl)c(OCC2CC2)c1. The third-order valence-electron chi connectivity index (χ3n) is 3.02. The van der Waals surface area contributed by atoms with E-state index in [2.05, 4.69) is 0 Å². The number of carboxylic acids is 1. The van der Waals surface area contributed by atoms with Crippen LogP contribution >= 0.6 is 11.6 Å². The summed E-state index contributed by atoms with van der Waals surface area (Å²) in [7, 11) is 0. The molecule has 1 N–H and O–H groups in total. The van der Waals surface area contributed by atoms with E-state index in [1.807, 2.05) is 18.2 Å². The predicted molar refractivity (Wildman–Crippen MR) is 70.2 cm³/mol. The van der Waals surface area contributed by atoms with Crippen LogP contribution in [0, 0.1) is 5.92 Å². The number of halogens is 1. The molecule has 1 fully saturated rings. The van der Waals surface area contributed by atoms with Crippen molar-refractivity contribution in [2.45, 2.75) is 32.1 Å². The minimum atomic E-state index is -0.755. The third kappa shape index (κ3) is 4.22. The fourth-order valence-electron chi connectivity index (χ4n) is 1.75. The summed E-state index contributed by atoms with van der Waals surface area (Å²) >= 11 is 6.07. The van der Waals surface area contributed by atoms with E-state index in [4.69, 9.17) is 21.4 Å². The number of aliphatic carboxylic acids is 1. The number of carbonyl (C=O) groups is 1. The molecule has 18 heavy (non-hydrogen) atoms. The van der Waals surface area contributed by atoms with Crippen molar-refractivity contribution in [3.63, 3.8) is 0 Å². The van der Waals surface area contributed by atoms with Gasteiger partial charge in [-0.05, 0) is 49.3 Å². The van der Waals surface area contributed by atoms with E-state index in [0.29, 0.717) is 17.4 Å². The van der Waals surface area contributed by atoms with Gasteiger partial charge in [0.1, 0.15) is 5.75 Å². The van der Waals surface area contributed by atoms with Crippen molar-refractivity contribution in [1.29, 1.82) is 0 Å². The zero-order chi connectivity index (χ0) is 13.0. The molecule has 1 saturated carbocycles. The molecule has 0 unspecified atom stereocenters. The number of hydrogen-bond donors (Lipinski definition) is 1. The Hall–Kier alpha value is -1.22. The minimum Gasteiger partial charge on any atom is -0.492 e. The van der Waals surface area contributed by atoms with E-state index < -0.39 is 5.97 Å². The average Bonchev–Trinajstić information content (AvgIpc) is 3.13. The van der Waals surface area contributed by atoms with Crippen molar-refractivity contribution >= 4 is 17.6 Å². The van der Waals surface area contributed by atoms with Crippen LogP contribution < -0.4 is 4.74 Å². The molecule has 3 nitrogen and oxygen atoms in total. The van der Waals surface area contributed by atoms with Crippen molar-refractivity contribution in [2.24, 2.45) is 5.92 Å². The summed E-state index contributed by atoms with van der Waals surface area (Å²) in [6.45, 7) is 0.734. The van der Waals surface area contributed by atoms with Gasteiger partial charge >= 0.3 is 5.97 Å². The number of benzene rings is 1. The lowest BCUT2D eigenvalue weighted by atomic mass is 10.1. The van der Waals surface area contributed by atoms with Gasteiger partial charge in [-0.15, -0.1) is 0 Å². The van der Waals surface area contributed by atoms with E-state index in [1.165, 1.54) is 12.8 Å². The molecule has 0 atom stereocenters. The molecule has 1 aliphatic rings. The summed E-state index contributed by atoms with van der Waals surface area (Å²) in [4.78, 5) is 10.4. The van der Waals surface area contributed by atoms with Crippen LogP contribution in [-0.4, -0.2) is 17.7 Å². The molecule has 2 rings (SSSR count). The molecule has 0 aliphatic heterocycles. The second kappa shape index (κ2) is 6.10. The number of ether oxygens (including phenoxy) is 1. The molecule has 1 aliphatic carbocycles. The average molecular weight is 269 g/mol. The van der Waals surface area contributed by atoms with Crippen LogP contribution in [0.2, 0.25) is 5.02 Å². The lowest BCUT2D eigenvalue weighted by Gasteiger charge is -2.09. The van der Waals surface area contributed by atoms with Crippen molar-refractivity contribution in [2.75, 3.05) is 6.61 Å². The van der Waals surface area contributed by atoms with Gasteiger partial charge in [0.05, 0.1) is 11.6 Å². The van der Waals surface area contributed by atoms with Crippen molar-refractivity contribution in [3.05, 3.63) is 28.8 Å². The van der Waals surface area contributed by atoms with E-state index in [0.717, 1.165) is 24.3 Å². The quantitative estimate of drug-likeness (QED) is 0.823. The van der Waals surface area contributed by atoms with Gasteiger partial charge in [0.25, 0.3) is 0 Å². The lowest BCUT2D eigenvalue weighted by Crippen LogP contribution is -2.00. The Morgan fingerprint density at radius 3 is 2.89 bits per heavy atom. The van der Waals surface area contributed by atoms with Gasteiger partial charge in [-0.25, -0.2) is 0 Å². The van der Waals surface area contributed by atoms with E-state index in [-0.39, 0.29) is 6.42 Å².